The molecule has 0 fully saturated rings. The van der Waals surface area contributed by atoms with Crippen molar-refractivity contribution in [2.75, 3.05) is 0 Å². The number of carboxylic acid groups (broad SMARTS) is 1. The van der Waals surface area contributed by atoms with E-state index in [4.69, 9.17) is 4.74 Å². The molecule has 0 atom stereocenters. The molecule has 0 saturated heterocycles. The van der Waals surface area contributed by atoms with Crippen LogP contribution in [0, 0.1) is 5.82 Å². The van der Waals surface area contributed by atoms with Crippen LogP contribution in [0.15, 0.2) is 63.5 Å². The fourth-order valence-corrected chi connectivity index (χ4v) is 3.74. The van der Waals surface area contributed by atoms with Crippen LogP contribution in [0.25, 0.3) is 16.6 Å². The van der Waals surface area contributed by atoms with E-state index in [1.807, 2.05) is 30.3 Å². The molecule has 2 heterocycles. The number of nitrogens with zero attached hydrogens (tertiary/aromatic N) is 1. The van der Waals surface area contributed by atoms with Gasteiger partial charge in [-0.25, -0.2) is 18.5 Å². The summed E-state index contributed by atoms with van der Waals surface area (Å²) in [6.45, 7) is 0.212. The van der Waals surface area contributed by atoms with Crippen molar-refractivity contribution in [3.05, 3.63) is 91.0 Å². The van der Waals surface area contributed by atoms with Gasteiger partial charge in [-0.15, -0.1) is 11.3 Å². The van der Waals surface area contributed by atoms with Gasteiger partial charge >= 0.3 is 11.7 Å². The largest absolute Gasteiger partial charge is 0.489 e. The lowest BCUT2D eigenvalue weighted by molar-refractivity contribution is 0.0704. The molecule has 0 bridgehead atoms. The molecule has 7 nitrogen and oxygen atoms in total. The molecule has 9 heteroatoms. The number of carbonyl (C=O) groups is 1. The van der Waals surface area contributed by atoms with Crippen molar-refractivity contribution in [3.8, 4) is 11.4 Å². The van der Waals surface area contributed by atoms with Crippen molar-refractivity contribution in [3.63, 3.8) is 0 Å². The van der Waals surface area contributed by atoms with E-state index in [-0.39, 0.29) is 33.8 Å². The maximum atomic E-state index is 14.5. The number of H-pyrrole nitrogens is 1. The maximum Gasteiger partial charge on any atom is 0.346 e. The third-order valence-electron chi connectivity index (χ3n) is 4.25. The first-order valence-electron chi connectivity index (χ1n) is 8.42. The van der Waals surface area contributed by atoms with Crippen molar-refractivity contribution in [2.45, 2.75) is 6.61 Å². The van der Waals surface area contributed by atoms with Crippen LogP contribution in [0.1, 0.15) is 15.2 Å². The van der Waals surface area contributed by atoms with Gasteiger partial charge < -0.3 is 14.8 Å². The monoisotopic (exact) mass is 412 g/mol. The first-order valence-corrected chi connectivity index (χ1v) is 9.30. The minimum atomic E-state index is -1.30. The highest BCUT2D eigenvalue weighted by atomic mass is 32.1. The Kier molecular flexibility index (Phi) is 4.73. The highest BCUT2D eigenvalue weighted by molar-refractivity contribution is 7.13. The molecule has 0 saturated carbocycles. The predicted octanol–water partition coefficient (Wildman–Crippen LogP) is 3.16. The zero-order valence-corrected chi connectivity index (χ0v) is 15.5. The van der Waals surface area contributed by atoms with Crippen molar-refractivity contribution in [2.24, 2.45) is 0 Å². The molecule has 146 valence electrons. The van der Waals surface area contributed by atoms with Gasteiger partial charge in [0.1, 0.15) is 23.1 Å². The molecule has 2 aromatic carbocycles. The second-order valence-corrected chi connectivity index (χ2v) is 7.00. The number of hydrogen-bond acceptors (Lipinski definition) is 5. The molecular formula is C20H13FN2O5S. The topological polar surface area (TPSA) is 101 Å². The molecule has 2 aromatic heterocycles. The normalized spacial score (nSPS) is 10.9. The van der Waals surface area contributed by atoms with Crippen LogP contribution < -0.4 is 16.0 Å². The van der Waals surface area contributed by atoms with Crippen LogP contribution in [0.4, 0.5) is 4.39 Å². The van der Waals surface area contributed by atoms with Crippen molar-refractivity contribution >= 4 is 28.2 Å². The third-order valence-corrected chi connectivity index (χ3v) is 5.22. The Morgan fingerprint density at radius 1 is 1.17 bits per heavy atom. The standard InChI is InChI=1S/C20H13FN2O5S/c21-13-7-6-12(28-9-11-4-2-1-3-5-11)8-15(13)23-18(24)16-14(22-20(23)27)10-29-17(16)19(25)26/h1-8,10H,9H2,(H,22,27)(H,25,26). The van der Waals surface area contributed by atoms with Crippen LogP contribution in [-0.2, 0) is 6.61 Å². The van der Waals surface area contributed by atoms with E-state index in [1.165, 1.54) is 17.5 Å². The molecule has 4 rings (SSSR count). The number of nitrogens with one attached hydrogen (secondary N) is 1. The highest BCUT2D eigenvalue weighted by Crippen LogP contribution is 2.23. The number of benzene rings is 2. The Bertz CT molecular complexity index is 1340. The van der Waals surface area contributed by atoms with Crippen LogP contribution in [0.2, 0.25) is 0 Å². The Morgan fingerprint density at radius 2 is 1.93 bits per heavy atom. The van der Waals surface area contributed by atoms with Gasteiger partial charge in [0.2, 0.25) is 0 Å². The molecule has 0 aliphatic carbocycles. The lowest BCUT2D eigenvalue weighted by Crippen LogP contribution is -2.34. The highest BCUT2D eigenvalue weighted by Gasteiger charge is 2.20. The van der Waals surface area contributed by atoms with E-state index in [2.05, 4.69) is 4.98 Å². The number of ether oxygens (including phenoxy) is 1. The maximum absolute atomic E-state index is 14.5. The van der Waals surface area contributed by atoms with E-state index in [0.29, 0.717) is 4.57 Å². The summed E-state index contributed by atoms with van der Waals surface area (Å²) in [7, 11) is 0. The second kappa shape index (κ2) is 7.36. The summed E-state index contributed by atoms with van der Waals surface area (Å²) < 4.78 is 20.7. The lowest BCUT2D eigenvalue weighted by Gasteiger charge is -2.10. The molecule has 0 radical (unpaired) electrons. The van der Waals surface area contributed by atoms with E-state index in [1.54, 1.807) is 0 Å². The number of carboxylic acids is 1. The van der Waals surface area contributed by atoms with Crippen molar-refractivity contribution < 1.29 is 19.0 Å². The fraction of sp³-hybridized carbons (Fsp3) is 0.0500. The lowest BCUT2D eigenvalue weighted by atomic mass is 10.2. The molecule has 0 aliphatic heterocycles. The van der Waals surface area contributed by atoms with Gasteiger partial charge in [-0.2, -0.15) is 0 Å². The van der Waals surface area contributed by atoms with Crippen LogP contribution in [0.3, 0.4) is 0 Å². The molecule has 2 N–H and O–H groups in total. The molecular weight excluding hydrogens is 399 g/mol. The number of aromatic carboxylic acids is 1. The molecule has 0 aliphatic rings. The van der Waals surface area contributed by atoms with E-state index >= 15 is 0 Å². The Morgan fingerprint density at radius 3 is 2.66 bits per heavy atom. The summed E-state index contributed by atoms with van der Waals surface area (Å²) in [5.41, 5.74) is -1.14. The summed E-state index contributed by atoms with van der Waals surface area (Å²) >= 11 is 0.809. The quantitative estimate of drug-likeness (QED) is 0.524. The van der Waals surface area contributed by atoms with Gasteiger partial charge in [0.15, 0.2) is 0 Å². The van der Waals surface area contributed by atoms with Gasteiger partial charge in [-0.05, 0) is 17.7 Å². The van der Waals surface area contributed by atoms with E-state index in [0.717, 1.165) is 23.0 Å². The number of fused-ring (bicyclic) bond motifs is 1. The molecule has 0 unspecified atom stereocenters. The number of thiophene rings is 1. The Hall–Kier alpha value is -3.72. The van der Waals surface area contributed by atoms with Gasteiger partial charge in [0.25, 0.3) is 5.56 Å². The van der Waals surface area contributed by atoms with Crippen molar-refractivity contribution in [1.82, 2.24) is 9.55 Å². The zero-order chi connectivity index (χ0) is 20.5. The number of hydrogen-bond donors (Lipinski definition) is 2. The Balaban J connectivity index is 1.81. The van der Waals surface area contributed by atoms with E-state index < -0.39 is 23.0 Å². The van der Waals surface area contributed by atoms with Crippen LogP contribution in [-0.4, -0.2) is 20.6 Å². The van der Waals surface area contributed by atoms with E-state index in [9.17, 15) is 23.9 Å². The average molecular weight is 412 g/mol. The van der Waals surface area contributed by atoms with Gasteiger partial charge in [0, 0.05) is 11.4 Å². The minimum absolute atomic E-state index is 0.0931. The number of aromatic nitrogens is 2. The summed E-state index contributed by atoms with van der Waals surface area (Å²) in [5.74, 6) is -1.88. The number of aromatic amines is 1. The molecule has 0 spiro atoms. The first kappa shape index (κ1) is 18.6. The van der Waals surface area contributed by atoms with Gasteiger partial charge in [0.05, 0.1) is 16.6 Å². The van der Waals surface area contributed by atoms with Crippen LogP contribution >= 0.6 is 11.3 Å². The zero-order valence-electron chi connectivity index (χ0n) is 14.7. The molecule has 0 amide bonds. The summed E-state index contributed by atoms with van der Waals surface area (Å²) in [6.07, 6.45) is 0. The smallest absolute Gasteiger partial charge is 0.346 e. The summed E-state index contributed by atoms with van der Waals surface area (Å²) in [6, 6.07) is 13.0. The van der Waals surface area contributed by atoms with Crippen molar-refractivity contribution in [1.29, 1.82) is 0 Å². The van der Waals surface area contributed by atoms with Gasteiger partial charge in [-0.3, -0.25) is 4.79 Å². The number of halogens is 1. The molecule has 29 heavy (non-hydrogen) atoms. The second-order valence-electron chi connectivity index (χ2n) is 6.12. The number of rotatable bonds is 5. The average Bonchev–Trinajstić information content (AvgIpc) is 3.13. The Labute approximate surface area is 166 Å². The summed E-state index contributed by atoms with van der Waals surface area (Å²) in [4.78, 5) is 38.9. The fourth-order valence-electron chi connectivity index (χ4n) is 2.91. The van der Waals surface area contributed by atoms with Crippen LogP contribution in [0.5, 0.6) is 5.75 Å². The molecule has 4 aromatic rings. The summed E-state index contributed by atoms with van der Waals surface area (Å²) in [5, 5.41) is 10.5. The van der Waals surface area contributed by atoms with Gasteiger partial charge in [-0.1, -0.05) is 30.3 Å². The SMILES string of the molecule is O=C(O)c1scc2[nH]c(=O)n(-c3cc(OCc4ccccc4)ccc3F)c(=O)c12. The third kappa shape index (κ3) is 3.43. The minimum Gasteiger partial charge on any atom is -0.489 e. The predicted molar refractivity (Wildman–Crippen MR) is 106 cm³/mol. The first-order chi connectivity index (χ1) is 14.0.